The van der Waals surface area contributed by atoms with Gasteiger partial charge in [-0.3, -0.25) is 4.79 Å². The first-order valence-corrected chi connectivity index (χ1v) is 8.57. The van der Waals surface area contributed by atoms with Crippen LogP contribution in [0.5, 0.6) is 0 Å². The van der Waals surface area contributed by atoms with Crippen LogP contribution in [0.2, 0.25) is 0 Å². The predicted octanol–water partition coefficient (Wildman–Crippen LogP) is 4.69. The fraction of sp³-hybridized carbons (Fsp3) is 0.300. The number of rotatable bonds is 4. The monoisotopic (exact) mass is 338 g/mol. The molecule has 130 valence electrons. The maximum atomic E-state index is 12.0. The molecule has 1 saturated carbocycles. The Morgan fingerprint density at radius 2 is 1.36 bits per heavy atom. The van der Waals surface area contributed by atoms with Gasteiger partial charge in [0.1, 0.15) is 0 Å². The van der Waals surface area contributed by atoms with Crippen LogP contribution in [0.1, 0.15) is 37.2 Å². The van der Waals surface area contributed by atoms with Crippen molar-refractivity contribution in [3.05, 3.63) is 60.2 Å². The number of para-hydroxylation sites is 1. The molecule has 0 aliphatic heterocycles. The average Bonchev–Trinajstić information content (AvgIpc) is 2.63. The smallest absolute Gasteiger partial charge is 0.323 e. The second kappa shape index (κ2) is 7.83. The van der Waals surface area contributed by atoms with E-state index in [0.717, 1.165) is 37.1 Å². The van der Waals surface area contributed by atoms with E-state index in [1.807, 2.05) is 54.6 Å². The highest BCUT2D eigenvalue weighted by molar-refractivity contribution is 5.99. The van der Waals surface area contributed by atoms with Gasteiger partial charge in [0.2, 0.25) is 0 Å². The molecule has 3 rings (SSSR count). The lowest BCUT2D eigenvalue weighted by Gasteiger charge is -2.26. The Labute approximate surface area is 147 Å². The maximum absolute atomic E-state index is 12.0. The van der Waals surface area contributed by atoms with Gasteiger partial charge in [-0.25, -0.2) is 4.79 Å². The summed E-state index contributed by atoms with van der Waals surface area (Å²) in [5.41, 5.74) is 2.68. The molecule has 0 aromatic heterocycles. The van der Waals surface area contributed by atoms with Crippen molar-refractivity contribution in [3.63, 3.8) is 0 Å². The van der Waals surface area contributed by atoms with Crippen LogP contribution < -0.4 is 10.6 Å². The number of nitrogens with one attached hydrogen (secondary N) is 2. The van der Waals surface area contributed by atoms with Crippen molar-refractivity contribution in [1.29, 1.82) is 0 Å². The second-order valence-corrected chi connectivity index (χ2v) is 6.45. The van der Waals surface area contributed by atoms with Crippen LogP contribution in [-0.2, 0) is 4.79 Å². The van der Waals surface area contributed by atoms with Gasteiger partial charge in [-0.2, -0.15) is 0 Å². The summed E-state index contributed by atoms with van der Waals surface area (Å²) in [7, 11) is 0. The van der Waals surface area contributed by atoms with E-state index < -0.39 is 5.97 Å². The van der Waals surface area contributed by atoms with Crippen LogP contribution >= 0.6 is 0 Å². The first kappa shape index (κ1) is 17.0. The van der Waals surface area contributed by atoms with Crippen molar-refractivity contribution >= 4 is 23.4 Å². The highest BCUT2D eigenvalue weighted by atomic mass is 16.4. The molecule has 1 aliphatic rings. The topological polar surface area (TPSA) is 78.4 Å². The zero-order chi connectivity index (χ0) is 17.6. The Morgan fingerprint density at radius 3 is 1.92 bits per heavy atom. The molecule has 5 nitrogen and oxygen atoms in total. The molecule has 2 aromatic carbocycles. The number of benzene rings is 2. The van der Waals surface area contributed by atoms with Crippen molar-refractivity contribution in [2.75, 3.05) is 10.6 Å². The summed E-state index contributed by atoms with van der Waals surface area (Å²) in [4.78, 5) is 23.0. The molecule has 0 radical (unpaired) electrons. The number of amides is 2. The second-order valence-electron chi connectivity index (χ2n) is 6.45. The molecule has 0 bridgehead atoms. The number of carbonyl (C=O) groups is 2. The first-order valence-electron chi connectivity index (χ1n) is 8.57. The minimum Gasteiger partial charge on any atom is -0.481 e. The number of anilines is 2. The molecular formula is C20H22N2O3. The van der Waals surface area contributed by atoms with Gasteiger partial charge in [0.05, 0.1) is 5.92 Å². The van der Waals surface area contributed by atoms with E-state index in [2.05, 4.69) is 10.6 Å². The molecule has 0 saturated heterocycles. The lowest BCUT2D eigenvalue weighted by atomic mass is 9.79. The summed E-state index contributed by atoms with van der Waals surface area (Å²) >= 11 is 0. The largest absolute Gasteiger partial charge is 0.481 e. The number of aliphatic carboxylic acids is 1. The Morgan fingerprint density at radius 1 is 0.800 bits per heavy atom. The summed E-state index contributed by atoms with van der Waals surface area (Å²) < 4.78 is 0. The van der Waals surface area contributed by atoms with Crippen LogP contribution in [0.15, 0.2) is 54.6 Å². The Balaban J connectivity index is 1.54. The van der Waals surface area contributed by atoms with Crippen LogP contribution in [0, 0.1) is 5.92 Å². The van der Waals surface area contributed by atoms with Crippen LogP contribution in [0.3, 0.4) is 0 Å². The summed E-state index contributed by atoms with van der Waals surface area (Å²) in [5, 5.41) is 14.7. The van der Waals surface area contributed by atoms with Gasteiger partial charge in [-0.1, -0.05) is 30.3 Å². The summed E-state index contributed by atoms with van der Waals surface area (Å²) in [5.74, 6) is -0.468. The normalized spacial score (nSPS) is 19.8. The standard InChI is InChI=1S/C20H22N2O3/c23-19(24)16-8-6-14(7-9-16)15-10-12-18(13-11-15)22-20(25)21-17-4-2-1-3-5-17/h1-5,10-14,16H,6-9H2,(H,23,24)(H2,21,22,25)/t14-,16-. The van der Waals surface area contributed by atoms with E-state index in [-0.39, 0.29) is 11.9 Å². The van der Waals surface area contributed by atoms with E-state index in [1.54, 1.807) is 0 Å². The van der Waals surface area contributed by atoms with E-state index >= 15 is 0 Å². The average molecular weight is 338 g/mol. The fourth-order valence-electron chi connectivity index (χ4n) is 3.33. The number of hydrogen-bond donors (Lipinski definition) is 3. The third-order valence-corrected chi connectivity index (χ3v) is 4.75. The predicted molar refractivity (Wildman–Crippen MR) is 97.9 cm³/mol. The van der Waals surface area contributed by atoms with Crippen molar-refractivity contribution in [2.45, 2.75) is 31.6 Å². The molecule has 2 amide bonds. The molecule has 0 atom stereocenters. The molecule has 5 heteroatoms. The molecule has 0 heterocycles. The van der Waals surface area contributed by atoms with Gasteiger partial charge < -0.3 is 15.7 Å². The van der Waals surface area contributed by atoms with E-state index in [0.29, 0.717) is 5.92 Å². The fourth-order valence-corrected chi connectivity index (χ4v) is 3.33. The van der Waals surface area contributed by atoms with Crippen molar-refractivity contribution in [3.8, 4) is 0 Å². The third-order valence-electron chi connectivity index (χ3n) is 4.75. The van der Waals surface area contributed by atoms with Gasteiger partial charge in [0.15, 0.2) is 0 Å². The van der Waals surface area contributed by atoms with Crippen LogP contribution in [0.4, 0.5) is 16.2 Å². The van der Waals surface area contributed by atoms with Gasteiger partial charge in [0.25, 0.3) is 0 Å². The number of carbonyl (C=O) groups excluding carboxylic acids is 1. The van der Waals surface area contributed by atoms with Gasteiger partial charge in [-0.15, -0.1) is 0 Å². The number of carboxylic acids is 1. The zero-order valence-corrected chi connectivity index (χ0v) is 13.9. The Hall–Kier alpha value is -2.82. The summed E-state index contributed by atoms with van der Waals surface area (Å²) in [6.07, 6.45) is 3.27. The molecule has 2 aromatic rings. The minimum absolute atomic E-state index is 0.195. The van der Waals surface area contributed by atoms with Crippen LogP contribution in [0.25, 0.3) is 0 Å². The van der Waals surface area contributed by atoms with Gasteiger partial charge >= 0.3 is 12.0 Å². The SMILES string of the molecule is O=C(Nc1ccccc1)Nc1ccc([C@H]2CC[C@H](C(=O)O)CC2)cc1. The minimum atomic E-state index is -0.678. The highest BCUT2D eigenvalue weighted by Gasteiger charge is 2.26. The lowest BCUT2D eigenvalue weighted by Crippen LogP contribution is -2.21. The number of carboxylic acid groups (broad SMARTS) is 1. The van der Waals surface area contributed by atoms with Crippen LogP contribution in [-0.4, -0.2) is 17.1 Å². The third kappa shape index (κ3) is 4.59. The van der Waals surface area contributed by atoms with Crippen molar-refractivity contribution < 1.29 is 14.7 Å². The maximum Gasteiger partial charge on any atom is 0.323 e. The molecule has 1 fully saturated rings. The Kier molecular flexibility index (Phi) is 5.33. The molecular weight excluding hydrogens is 316 g/mol. The molecule has 0 spiro atoms. The molecule has 1 aliphatic carbocycles. The molecule has 25 heavy (non-hydrogen) atoms. The quantitative estimate of drug-likeness (QED) is 0.757. The van der Waals surface area contributed by atoms with Gasteiger partial charge in [-0.05, 0) is 61.4 Å². The Bertz CT molecular complexity index is 720. The van der Waals surface area contributed by atoms with Crippen molar-refractivity contribution in [1.82, 2.24) is 0 Å². The van der Waals surface area contributed by atoms with E-state index in [4.69, 9.17) is 5.11 Å². The van der Waals surface area contributed by atoms with Gasteiger partial charge in [0, 0.05) is 11.4 Å². The lowest BCUT2D eigenvalue weighted by molar-refractivity contribution is -0.142. The molecule has 0 unspecified atom stereocenters. The number of hydrogen-bond acceptors (Lipinski definition) is 2. The summed E-state index contributed by atoms with van der Waals surface area (Å²) in [6.45, 7) is 0. The summed E-state index contributed by atoms with van der Waals surface area (Å²) in [6, 6.07) is 16.8. The zero-order valence-electron chi connectivity index (χ0n) is 13.9. The first-order chi connectivity index (χ1) is 12.1. The van der Waals surface area contributed by atoms with Crippen molar-refractivity contribution in [2.24, 2.45) is 5.92 Å². The van der Waals surface area contributed by atoms with E-state index in [1.165, 1.54) is 5.56 Å². The highest BCUT2D eigenvalue weighted by Crippen LogP contribution is 2.36. The number of urea groups is 1. The molecule has 3 N–H and O–H groups in total. The van der Waals surface area contributed by atoms with E-state index in [9.17, 15) is 9.59 Å².